The number of amides is 2. The van der Waals surface area contributed by atoms with E-state index in [0.717, 1.165) is 31.0 Å². The zero-order chi connectivity index (χ0) is 18.9. The van der Waals surface area contributed by atoms with Gasteiger partial charge in [0.2, 0.25) is 6.79 Å². The van der Waals surface area contributed by atoms with Crippen molar-refractivity contribution in [2.75, 3.05) is 38.3 Å². The highest BCUT2D eigenvalue weighted by Crippen LogP contribution is 2.34. The Labute approximate surface area is 162 Å². The molecule has 1 saturated heterocycles. The summed E-state index contributed by atoms with van der Waals surface area (Å²) in [4.78, 5) is 21.4. The fraction of sp³-hybridized carbons (Fsp3) is 0.300. The Morgan fingerprint density at radius 3 is 2.79 bits per heavy atom. The van der Waals surface area contributed by atoms with E-state index in [2.05, 4.69) is 21.4 Å². The third-order valence-corrected chi connectivity index (χ3v) is 5.08. The average Bonchev–Trinajstić information content (AvgIpc) is 3.34. The number of urea groups is 1. The maximum Gasteiger partial charge on any atom is 0.321 e. The van der Waals surface area contributed by atoms with E-state index in [9.17, 15) is 4.79 Å². The Bertz CT molecular complexity index is 977. The van der Waals surface area contributed by atoms with Gasteiger partial charge in [-0.25, -0.2) is 9.78 Å². The highest BCUT2D eigenvalue weighted by Gasteiger charge is 2.22. The molecule has 1 fully saturated rings. The largest absolute Gasteiger partial charge is 0.454 e. The molecule has 2 amide bonds. The van der Waals surface area contributed by atoms with Gasteiger partial charge in [-0.05, 0) is 24.3 Å². The van der Waals surface area contributed by atoms with Crippen LogP contribution in [0, 0.1) is 0 Å². The van der Waals surface area contributed by atoms with Crippen molar-refractivity contribution in [1.29, 1.82) is 0 Å². The number of imidazole rings is 1. The van der Waals surface area contributed by atoms with E-state index in [0.29, 0.717) is 30.3 Å². The molecular formula is C20H21N5O3. The van der Waals surface area contributed by atoms with Crippen LogP contribution in [0.1, 0.15) is 5.69 Å². The summed E-state index contributed by atoms with van der Waals surface area (Å²) < 4.78 is 12.7. The van der Waals surface area contributed by atoms with Crippen LogP contribution in [0.5, 0.6) is 11.5 Å². The maximum absolute atomic E-state index is 12.6. The first-order valence-electron chi connectivity index (χ1n) is 9.35. The van der Waals surface area contributed by atoms with E-state index in [1.807, 2.05) is 45.8 Å². The maximum atomic E-state index is 12.6. The molecule has 1 aromatic carbocycles. The number of pyridine rings is 1. The van der Waals surface area contributed by atoms with Gasteiger partial charge in [-0.2, -0.15) is 0 Å². The van der Waals surface area contributed by atoms with Gasteiger partial charge in [0.15, 0.2) is 11.5 Å². The molecule has 0 aliphatic carbocycles. The van der Waals surface area contributed by atoms with Crippen LogP contribution in [0.3, 0.4) is 0 Å². The minimum atomic E-state index is -0.0914. The quantitative estimate of drug-likeness (QED) is 0.757. The number of carbonyl (C=O) groups is 1. The summed E-state index contributed by atoms with van der Waals surface area (Å²) in [6.07, 6.45) is 4.07. The summed E-state index contributed by atoms with van der Waals surface area (Å²) in [5, 5.41) is 2.94. The number of ether oxygens (including phenoxy) is 2. The number of anilines is 1. The molecule has 1 N–H and O–H groups in total. The molecule has 4 heterocycles. The molecule has 2 aromatic heterocycles. The van der Waals surface area contributed by atoms with Crippen LogP contribution in [0.25, 0.3) is 5.65 Å². The lowest BCUT2D eigenvalue weighted by atomic mass is 10.2. The molecule has 0 spiro atoms. The van der Waals surface area contributed by atoms with Crippen molar-refractivity contribution in [2.24, 2.45) is 0 Å². The molecule has 0 bridgehead atoms. The first kappa shape index (κ1) is 16.9. The van der Waals surface area contributed by atoms with Crippen LogP contribution in [0.4, 0.5) is 10.5 Å². The van der Waals surface area contributed by atoms with E-state index >= 15 is 0 Å². The van der Waals surface area contributed by atoms with Crippen LogP contribution in [-0.2, 0) is 6.54 Å². The van der Waals surface area contributed by atoms with Crippen molar-refractivity contribution in [3.8, 4) is 11.5 Å². The van der Waals surface area contributed by atoms with Gasteiger partial charge < -0.3 is 24.1 Å². The van der Waals surface area contributed by atoms with Crippen LogP contribution in [0.15, 0.2) is 48.8 Å². The lowest BCUT2D eigenvalue weighted by Gasteiger charge is -2.34. The highest BCUT2D eigenvalue weighted by molar-refractivity contribution is 5.89. The molecule has 2 aliphatic heterocycles. The Balaban J connectivity index is 1.16. The van der Waals surface area contributed by atoms with Gasteiger partial charge >= 0.3 is 6.03 Å². The molecular weight excluding hydrogens is 358 g/mol. The third-order valence-electron chi connectivity index (χ3n) is 5.08. The molecule has 0 radical (unpaired) electrons. The molecule has 5 rings (SSSR count). The highest BCUT2D eigenvalue weighted by atomic mass is 16.7. The van der Waals surface area contributed by atoms with E-state index in [-0.39, 0.29) is 12.8 Å². The fourth-order valence-corrected chi connectivity index (χ4v) is 3.58. The topological polar surface area (TPSA) is 71.3 Å². The summed E-state index contributed by atoms with van der Waals surface area (Å²) >= 11 is 0. The van der Waals surface area contributed by atoms with Gasteiger partial charge in [-0.15, -0.1) is 0 Å². The van der Waals surface area contributed by atoms with Crippen molar-refractivity contribution in [2.45, 2.75) is 6.54 Å². The van der Waals surface area contributed by atoms with Crippen LogP contribution in [0.2, 0.25) is 0 Å². The molecule has 28 heavy (non-hydrogen) atoms. The fourth-order valence-electron chi connectivity index (χ4n) is 3.58. The Hall–Kier alpha value is -3.26. The minimum Gasteiger partial charge on any atom is -0.454 e. The van der Waals surface area contributed by atoms with Crippen molar-refractivity contribution < 1.29 is 14.3 Å². The first-order valence-corrected chi connectivity index (χ1v) is 9.35. The molecule has 8 nitrogen and oxygen atoms in total. The first-order chi connectivity index (χ1) is 13.7. The summed E-state index contributed by atoms with van der Waals surface area (Å²) in [6, 6.07) is 11.3. The SMILES string of the molecule is O=C(Nc1ccc2c(c1)OCO2)N1CCN(Cc2cn3ccccc3n2)CC1. The Kier molecular flexibility index (Phi) is 4.25. The molecule has 3 aromatic rings. The minimum absolute atomic E-state index is 0.0914. The van der Waals surface area contributed by atoms with Gasteiger partial charge in [-0.1, -0.05) is 6.07 Å². The summed E-state index contributed by atoms with van der Waals surface area (Å²) in [7, 11) is 0. The van der Waals surface area contributed by atoms with Gasteiger partial charge in [0.1, 0.15) is 5.65 Å². The third kappa shape index (κ3) is 3.34. The number of fused-ring (bicyclic) bond motifs is 2. The molecule has 2 aliphatic rings. The van der Waals surface area contributed by atoms with Crippen LogP contribution in [-0.4, -0.2) is 58.2 Å². The summed E-state index contributed by atoms with van der Waals surface area (Å²) in [6.45, 7) is 4.03. The monoisotopic (exact) mass is 379 g/mol. The predicted octanol–water partition coefficient (Wildman–Crippen LogP) is 2.41. The van der Waals surface area contributed by atoms with Gasteiger partial charge in [0.05, 0.1) is 5.69 Å². The second-order valence-corrected chi connectivity index (χ2v) is 6.96. The second kappa shape index (κ2) is 7.05. The number of nitrogens with zero attached hydrogens (tertiary/aromatic N) is 4. The summed E-state index contributed by atoms with van der Waals surface area (Å²) in [5.74, 6) is 1.37. The Morgan fingerprint density at radius 1 is 1.07 bits per heavy atom. The second-order valence-electron chi connectivity index (χ2n) is 6.96. The van der Waals surface area contributed by atoms with Crippen LogP contribution >= 0.6 is 0 Å². The smallest absolute Gasteiger partial charge is 0.321 e. The number of nitrogens with one attached hydrogen (secondary N) is 1. The standard InChI is InChI=1S/C20H21N5O3/c26-20(22-15-4-5-17-18(11-15)28-14-27-17)24-9-7-23(8-10-24)12-16-13-25-6-2-1-3-19(25)21-16/h1-6,11,13H,7-10,12,14H2,(H,22,26). The molecule has 0 atom stereocenters. The molecule has 0 unspecified atom stereocenters. The lowest BCUT2D eigenvalue weighted by Crippen LogP contribution is -2.49. The number of hydrogen-bond donors (Lipinski definition) is 1. The lowest BCUT2D eigenvalue weighted by molar-refractivity contribution is 0.142. The van der Waals surface area contributed by atoms with E-state index < -0.39 is 0 Å². The van der Waals surface area contributed by atoms with E-state index in [1.165, 1.54) is 0 Å². The van der Waals surface area contributed by atoms with Gasteiger partial charge in [0, 0.05) is 56.9 Å². The van der Waals surface area contributed by atoms with Gasteiger partial charge in [-0.3, -0.25) is 4.90 Å². The van der Waals surface area contributed by atoms with E-state index in [4.69, 9.17) is 9.47 Å². The number of carbonyl (C=O) groups excluding carboxylic acids is 1. The number of piperazine rings is 1. The zero-order valence-corrected chi connectivity index (χ0v) is 15.4. The van der Waals surface area contributed by atoms with Crippen molar-refractivity contribution in [3.05, 3.63) is 54.5 Å². The molecule has 8 heteroatoms. The van der Waals surface area contributed by atoms with Crippen molar-refractivity contribution in [1.82, 2.24) is 19.2 Å². The van der Waals surface area contributed by atoms with Crippen LogP contribution < -0.4 is 14.8 Å². The molecule has 0 saturated carbocycles. The number of rotatable bonds is 3. The molecule has 144 valence electrons. The van der Waals surface area contributed by atoms with Crippen molar-refractivity contribution >= 4 is 17.4 Å². The average molecular weight is 379 g/mol. The zero-order valence-electron chi connectivity index (χ0n) is 15.4. The van der Waals surface area contributed by atoms with E-state index in [1.54, 1.807) is 6.07 Å². The number of aromatic nitrogens is 2. The van der Waals surface area contributed by atoms with Gasteiger partial charge in [0.25, 0.3) is 0 Å². The van der Waals surface area contributed by atoms with Crippen molar-refractivity contribution in [3.63, 3.8) is 0 Å². The summed E-state index contributed by atoms with van der Waals surface area (Å²) in [5.41, 5.74) is 2.71. The number of benzene rings is 1. The Morgan fingerprint density at radius 2 is 1.93 bits per heavy atom. The predicted molar refractivity (Wildman–Crippen MR) is 104 cm³/mol. The number of hydrogen-bond acceptors (Lipinski definition) is 5. The normalized spacial score (nSPS) is 16.5.